The van der Waals surface area contributed by atoms with Gasteiger partial charge in [-0.05, 0) is 42.0 Å². The van der Waals surface area contributed by atoms with E-state index in [1.54, 1.807) is 51.7 Å². The summed E-state index contributed by atoms with van der Waals surface area (Å²) in [5.41, 5.74) is 2.30. The van der Waals surface area contributed by atoms with Gasteiger partial charge in [-0.1, -0.05) is 0 Å². The lowest BCUT2D eigenvalue weighted by Crippen LogP contribution is -2.32. The second-order valence-corrected chi connectivity index (χ2v) is 7.10. The standard InChI is InChI=1S/C24H24O8/c1-26-17-7-5-16(6-8-17)24(29-4)20(22(23(25)32-24)21-13-30-14-31-21)11-15-9-18(27-2)12-19(10-15)28-3/h5-10,12-13H,11,14H2,1-4H3. The number of cyclic esters (lactones) is 1. The van der Waals surface area contributed by atoms with Crippen molar-refractivity contribution in [2.75, 3.05) is 35.2 Å². The lowest BCUT2D eigenvalue weighted by molar-refractivity contribution is -0.197. The molecule has 8 heteroatoms. The van der Waals surface area contributed by atoms with Crippen molar-refractivity contribution < 1.29 is 38.0 Å². The van der Waals surface area contributed by atoms with Gasteiger partial charge in [0, 0.05) is 30.7 Å². The minimum Gasteiger partial charge on any atom is -0.497 e. The van der Waals surface area contributed by atoms with Crippen molar-refractivity contribution in [3.05, 3.63) is 76.8 Å². The van der Waals surface area contributed by atoms with Crippen LogP contribution in [0.2, 0.25) is 0 Å². The second kappa shape index (κ2) is 8.84. The molecule has 2 aliphatic heterocycles. The van der Waals surface area contributed by atoms with Crippen molar-refractivity contribution in [2.45, 2.75) is 12.2 Å². The van der Waals surface area contributed by atoms with Gasteiger partial charge in [-0.15, -0.1) is 0 Å². The first-order valence-electron chi connectivity index (χ1n) is 9.88. The minimum atomic E-state index is -1.46. The van der Waals surface area contributed by atoms with Gasteiger partial charge in [-0.2, -0.15) is 0 Å². The van der Waals surface area contributed by atoms with E-state index in [2.05, 4.69) is 0 Å². The lowest BCUT2D eigenvalue weighted by Gasteiger charge is -2.30. The van der Waals surface area contributed by atoms with Gasteiger partial charge < -0.3 is 33.2 Å². The van der Waals surface area contributed by atoms with Gasteiger partial charge >= 0.3 is 5.97 Å². The van der Waals surface area contributed by atoms with Crippen LogP contribution in [0.1, 0.15) is 11.1 Å². The fourth-order valence-electron chi connectivity index (χ4n) is 3.86. The maximum Gasteiger partial charge on any atom is 0.345 e. The van der Waals surface area contributed by atoms with Crippen LogP contribution < -0.4 is 14.2 Å². The number of methoxy groups -OCH3 is 4. The molecule has 168 valence electrons. The van der Waals surface area contributed by atoms with E-state index in [0.717, 1.165) is 5.56 Å². The number of carbonyl (C=O) groups excluding carboxylic acids is 1. The van der Waals surface area contributed by atoms with E-state index in [1.807, 2.05) is 12.1 Å². The zero-order valence-corrected chi connectivity index (χ0v) is 18.3. The highest BCUT2D eigenvalue weighted by atomic mass is 16.7. The third-order valence-electron chi connectivity index (χ3n) is 5.41. The molecule has 0 radical (unpaired) electrons. The Balaban J connectivity index is 1.87. The Morgan fingerprint density at radius 1 is 0.906 bits per heavy atom. The Morgan fingerprint density at radius 2 is 1.56 bits per heavy atom. The Kier molecular flexibility index (Phi) is 5.96. The van der Waals surface area contributed by atoms with Crippen molar-refractivity contribution in [1.82, 2.24) is 0 Å². The van der Waals surface area contributed by atoms with Gasteiger partial charge in [-0.25, -0.2) is 4.79 Å². The molecule has 32 heavy (non-hydrogen) atoms. The third kappa shape index (κ3) is 3.73. The van der Waals surface area contributed by atoms with E-state index in [0.29, 0.717) is 40.6 Å². The van der Waals surface area contributed by atoms with E-state index in [-0.39, 0.29) is 12.4 Å². The summed E-state index contributed by atoms with van der Waals surface area (Å²) >= 11 is 0. The molecule has 2 aromatic rings. The molecule has 2 aromatic carbocycles. The Hall–Kier alpha value is -3.65. The molecule has 8 nitrogen and oxygen atoms in total. The lowest BCUT2D eigenvalue weighted by atomic mass is 9.89. The highest BCUT2D eigenvalue weighted by molar-refractivity contribution is 5.97. The van der Waals surface area contributed by atoms with E-state index >= 15 is 0 Å². The molecule has 0 saturated heterocycles. The molecule has 0 saturated carbocycles. The fraction of sp³-hybridized carbons (Fsp3) is 0.292. The van der Waals surface area contributed by atoms with Gasteiger partial charge in [0.05, 0.1) is 21.3 Å². The number of hydrogen-bond acceptors (Lipinski definition) is 8. The topological polar surface area (TPSA) is 81.7 Å². The summed E-state index contributed by atoms with van der Waals surface area (Å²) in [6.07, 6.45) is 1.71. The molecule has 2 heterocycles. The van der Waals surface area contributed by atoms with Crippen LogP contribution in [-0.2, 0) is 35.9 Å². The zero-order chi connectivity index (χ0) is 22.7. The van der Waals surface area contributed by atoms with Gasteiger partial charge in [-0.3, -0.25) is 0 Å². The van der Waals surface area contributed by atoms with Crippen LogP contribution in [0.5, 0.6) is 17.2 Å². The van der Waals surface area contributed by atoms with Crippen LogP contribution >= 0.6 is 0 Å². The Bertz CT molecular complexity index is 1050. The summed E-state index contributed by atoms with van der Waals surface area (Å²) in [6, 6.07) is 12.7. The van der Waals surface area contributed by atoms with Crippen LogP contribution in [0.25, 0.3) is 0 Å². The Labute approximate surface area is 185 Å². The molecule has 0 fully saturated rings. The molecule has 0 aromatic heterocycles. The molecule has 1 atom stereocenters. The van der Waals surface area contributed by atoms with Crippen LogP contribution in [0.15, 0.2) is 65.6 Å². The first-order valence-corrected chi connectivity index (χ1v) is 9.88. The van der Waals surface area contributed by atoms with Crippen molar-refractivity contribution >= 4 is 5.97 Å². The van der Waals surface area contributed by atoms with Crippen LogP contribution in [0.4, 0.5) is 0 Å². The molecule has 4 rings (SSSR count). The average molecular weight is 440 g/mol. The van der Waals surface area contributed by atoms with E-state index in [9.17, 15) is 4.79 Å². The summed E-state index contributed by atoms with van der Waals surface area (Å²) in [5.74, 6) is 0.194. The molecule has 0 bridgehead atoms. The summed E-state index contributed by atoms with van der Waals surface area (Å²) in [4.78, 5) is 13.1. The normalized spacial score (nSPS) is 19.8. The molecule has 0 aliphatic carbocycles. The molecule has 0 N–H and O–H groups in total. The van der Waals surface area contributed by atoms with Crippen molar-refractivity contribution in [1.29, 1.82) is 0 Å². The molecular weight excluding hydrogens is 416 g/mol. The average Bonchev–Trinajstić information content (AvgIpc) is 3.45. The summed E-state index contributed by atoms with van der Waals surface area (Å²) in [6.45, 7) is 0.0227. The predicted molar refractivity (Wildman–Crippen MR) is 113 cm³/mol. The first kappa shape index (κ1) is 21.6. The maximum atomic E-state index is 13.1. The van der Waals surface area contributed by atoms with Gasteiger partial charge in [0.15, 0.2) is 5.76 Å². The van der Waals surface area contributed by atoms with Crippen molar-refractivity contribution in [3.8, 4) is 17.2 Å². The third-order valence-corrected chi connectivity index (χ3v) is 5.41. The SMILES string of the molecule is COc1ccc(C2(OC)OC(=O)C(C3=COCO3)=C2Cc2cc(OC)cc(OC)c2)cc1. The van der Waals surface area contributed by atoms with E-state index < -0.39 is 11.8 Å². The smallest absolute Gasteiger partial charge is 0.345 e. The van der Waals surface area contributed by atoms with E-state index in [1.165, 1.54) is 13.4 Å². The number of carbonyl (C=O) groups is 1. The quantitative estimate of drug-likeness (QED) is 0.578. The number of benzene rings is 2. The van der Waals surface area contributed by atoms with Crippen molar-refractivity contribution in [3.63, 3.8) is 0 Å². The number of rotatable bonds is 8. The monoisotopic (exact) mass is 440 g/mol. The second-order valence-electron chi connectivity index (χ2n) is 7.10. The molecule has 2 aliphatic rings. The highest BCUT2D eigenvalue weighted by Crippen LogP contribution is 2.47. The first-order chi connectivity index (χ1) is 15.5. The summed E-state index contributed by atoms with van der Waals surface area (Å²) in [5, 5.41) is 0. The predicted octanol–water partition coefficient (Wildman–Crippen LogP) is 3.45. The maximum absolute atomic E-state index is 13.1. The van der Waals surface area contributed by atoms with Gasteiger partial charge in [0.1, 0.15) is 29.1 Å². The molecule has 0 amide bonds. The molecule has 0 spiro atoms. The van der Waals surface area contributed by atoms with Crippen LogP contribution in [0.3, 0.4) is 0 Å². The largest absolute Gasteiger partial charge is 0.497 e. The molecule has 1 unspecified atom stereocenters. The van der Waals surface area contributed by atoms with Crippen LogP contribution in [0, 0.1) is 0 Å². The zero-order valence-electron chi connectivity index (χ0n) is 18.3. The number of ether oxygens (including phenoxy) is 7. The Morgan fingerprint density at radius 3 is 2.09 bits per heavy atom. The molecular formula is C24H24O8. The summed E-state index contributed by atoms with van der Waals surface area (Å²) in [7, 11) is 6.24. The fourth-order valence-corrected chi connectivity index (χ4v) is 3.86. The van der Waals surface area contributed by atoms with Crippen LogP contribution in [-0.4, -0.2) is 41.2 Å². The highest BCUT2D eigenvalue weighted by Gasteiger charge is 2.51. The number of esters is 1. The number of hydrogen-bond donors (Lipinski definition) is 0. The summed E-state index contributed by atoms with van der Waals surface area (Å²) < 4.78 is 38.6. The van der Waals surface area contributed by atoms with E-state index in [4.69, 9.17) is 33.2 Å². The minimum absolute atomic E-state index is 0.0227. The van der Waals surface area contributed by atoms with Gasteiger partial charge in [0.25, 0.3) is 5.79 Å². The van der Waals surface area contributed by atoms with Gasteiger partial charge in [0.2, 0.25) is 6.79 Å². The van der Waals surface area contributed by atoms with Crippen molar-refractivity contribution in [2.24, 2.45) is 0 Å².